The van der Waals surface area contributed by atoms with Gasteiger partial charge in [0, 0.05) is 5.69 Å². The first kappa shape index (κ1) is 21.3. The average molecular weight is 435 g/mol. The topological polar surface area (TPSA) is 83.6 Å². The highest BCUT2D eigenvalue weighted by Gasteiger charge is 2.42. The second kappa shape index (κ2) is 7.46. The molecule has 6 nitrogen and oxygen atoms in total. The minimum Gasteiger partial charge on any atom is -0.322 e. The number of halogens is 1. The van der Waals surface area contributed by atoms with Gasteiger partial charge in [-0.25, -0.2) is 12.7 Å². The van der Waals surface area contributed by atoms with Crippen molar-refractivity contribution in [1.82, 2.24) is 0 Å². The second-order valence-corrected chi connectivity index (χ2v) is 10.5. The minimum atomic E-state index is -3.77. The largest absolute Gasteiger partial charge is 0.322 e. The molecule has 2 amide bonds. The second-order valence-electron chi connectivity index (χ2n) is 8.20. The van der Waals surface area contributed by atoms with Crippen molar-refractivity contribution in [3.05, 3.63) is 58.6 Å². The Bertz CT molecular complexity index is 1090. The Morgan fingerprint density at radius 2 is 1.83 bits per heavy atom. The molecule has 0 bridgehead atoms. The van der Waals surface area contributed by atoms with Crippen molar-refractivity contribution in [2.75, 3.05) is 15.4 Å². The predicted octanol–water partition coefficient (Wildman–Crippen LogP) is 4.20. The zero-order valence-electron chi connectivity index (χ0n) is 16.7. The molecule has 0 aliphatic carbocycles. The Balaban J connectivity index is 1.98. The lowest BCUT2D eigenvalue weighted by Crippen LogP contribution is -2.30. The molecule has 0 aromatic heterocycles. The van der Waals surface area contributed by atoms with Crippen LogP contribution in [0.4, 0.5) is 11.4 Å². The molecule has 2 aromatic carbocycles. The van der Waals surface area contributed by atoms with Crippen molar-refractivity contribution in [1.29, 1.82) is 0 Å². The van der Waals surface area contributed by atoms with E-state index in [1.165, 1.54) is 18.2 Å². The molecule has 8 heteroatoms. The fourth-order valence-electron chi connectivity index (χ4n) is 3.34. The molecule has 1 saturated heterocycles. The lowest BCUT2D eigenvalue weighted by atomic mass is 9.86. The summed E-state index contributed by atoms with van der Waals surface area (Å²) in [6.07, 6.45) is 0. The summed E-state index contributed by atoms with van der Waals surface area (Å²) in [5, 5.41) is 3.02. The van der Waals surface area contributed by atoms with Crippen molar-refractivity contribution in [2.24, 2.45) is 5.92 Å². The molecule has 1 fully saturated rings. The Labute approximate surface area is 175 Å². The number of para-hydroxylation sites is 1. The van der Waals surface area contributed by atoms with Gasteiger partial charge in [-0.2, -0.15) is 0 Å². The number of nitrogens with zero attached hydrogens (tertiary/aromatic N) is 1. The molecule has 0 saturated carbocycles. The van der Waals surface area contributed by atoms with E-state index < -0.39 is 27.8 Å². The third-order valence-electron chi connectivity index (χ3n) is 4.77. The Morgan fingerprint density at radius 1 is 1.17 bits per heavy atom. The van der Waals surface area contributed by atoms with Gasteiger partial charge in [0.15, 0.2) is 0 Å². The fourth-order valence-corrected chi connectivity index (χ4v) is 5.35. The summed E-state index contributed by atoms with van der Waals surface area (Å²) in [4.78, 5) is 25.3. The molecule has 1 unspecified atom stereocenters. The standard InChI is InChI=1S/C21H23ClN2O4S/c1-13-12-29(27,28)24(20(13)26)14-9-10-17(22)15(11-14)19(25)23-18-8-6-5-7-16(18)21(2,3)4/h5-11,13H,12H2,1-4H3,(H,23,25). The number of carbonyl (C=O) groups is 2. The minimum absolute atomic E-state index is 0.0930. The maximum absolute atomic E-state index is 12.9. The summed E-state index contributed by atoms with van der Waals surface area (Å²) in [5.74, 6) is -1.89. The molecule has 0 radical (unpaired) electrons. The molecule has 1 aliphatic heterocycles. The lowest BCUT2D eigenvalue weighted by molar-refractivity contribution is -0.119. The van der Waals surface area contributed by atoms with E-state index in [0.29, 0.717) is 5.69 Å². The van der Waals surface area contributed by atoms with Gasteiger partial charge in [-0.15, -0.1) is 0 Å². The van der Waals surface area contributed by atoms with Crippen LogP contribution in [0.15, 0.2) is 42.5 Å². The van der Waals surface area contributed by atoms with E-state index in [-0.39, 0.29) is 27.4 Å². The third-order valence-corrected chi connectivity index (χ3v) is 6.97. The summed E-state index contributed by atoms with van der Waals surface area (Å²) < 4.78 is 25.5. The summed E-state index contributed by atoms with van der Waals surface area (Å²) in [6.45, 7) is 7.68. The predicted molar refractivity (Wildman–Crippen MR) is 115 cm³/mol. The highest BCUT2D eigenvalue weighted by atomic mass is 35.5. The van der Waals surface area contributed by atoms with Crippen molar-refractivity contribution in [2.45, 2.75) is 33.1 Å². The molecule has 154 valence electrons. The highest BCUT2D eigenvalue weighted by molar-refractivity contribution is 7.94. The SMILES string of the molecule is CC1CS(=O)(=O)N(c2ccc(Cl)c(C(=O)Nc3ccccc3C(C)(C)C)c2)C1=O. The molecular weight excluding hydrogens is 412 g/mol. The van der Waals surface area contributed by atoms with E-state index in [2.05, 4.69) is 5.32 Å². The lowest BCUT2D eigenvalue weighted by Gasteiger charge is -2.23. The number of rotatable bonds is 3. The van der Waals surface area contributed by atoms with Gasteiger partial charge < -0.3 is 5.32 Å². The first-order valence-electron chi connectivity index (χ1n) is 9.19. The van der Waals surface area contributed by atoms with Crippen molar-refractivity contribution in [3.8, 4) is 0 Å². The Kier molecular flexibility index (Phi) is 5.49. The van der Waals surface area contributed by atoms with E-state index in [4.69, 9.17) is 11.6 Å². The van der Waals surface area contributed by atoms with Crippen LogP contribution in [0.25, 0.3) is 0 Å². The van der Waals surface area contributed by atoms with Gasteiger partial charge in [0.25, 0.3) is 5.91 Å². The summed E-state index contributed by atoms with van der Waals surface area (Å²) in [5.41, 5.74) is 1.60. The van der Waals surface area contributed by atoms with Gasteiger partial charge in [-0.1, -0.05) is 57.5 Å². The van der Waals surface area contributed by atoms with Crippen molar-refractivity contribution >= 4 is 44.8 Å². The number of carbonyl (C=O) groups excluding carboxylic acids is 2. The molecule has 1 N–H and O–H groups in total. The van der Waals surface area contributed by atoms with Crippen LogP contribution in [-0.2, 0) is 20.2 Å². The number of benzene rings is 2. The van der Waals surface area contributed by atoms with Gasteiger partial charge in [0.1, 0.15) is 0 Å². The van der Waals surface area contributed by atoms with Crippen LogP contribution in [0.2, 0.25) is 5.02 Å². The first-order valence-corrected chi connectivity index (χ1v) is 11.2. The molecule has 0 spiro atoms. The normalized spacial score (nSPS) is 18.7. The summed E-state index contributed by atoms with van der Waals surface area (Å²) >= 11 is 6.22. The van der Waals surface area contributed by atoms with Gasteiger partial charge in [0.05, 0.1) is 27.9 Å². The van der Waals surface area contributed by atoms with Crippen LogP contribution in [0.5, 0.6) is 0 Å². The molecule has 3 rings (SSSR count). The number of hydrogen-bond acceptors (Lipinski definition) is 4. The average Bonchev–Trinajstić information content (AvgIpc) is 2.82. The van der Waals surface area contributed by atoms with Gasteiger partial charge in [-0.3, -0.25) is 9.59 Å². The maximum Gasteiger partial charge on any atom is 0.257 e. The monoisotopic (exact) mass is 434 g/mol. The maximum atomic E-state index is 12.9. The quantitative estimate of drug-likeness (QED) is 0.784. The zero-order chi connectivity index (χ0) is 21.6. The summed E-state index contributed by atoms with van der Waals surface area (Å²) in [6, 6.07) is 11.6. The van der Waals surface area contributed by atoms with Gasteiger partial charge in [0.2, 0.25) is 15.9 Å². The van der Waals surface area contributed by atoms with Crippen LogP contribution >= 0.6 is 11.6 Å². The van der Waals surface area contributed by atoms with E-state index in [1.54, 1.807) is 13.0 Å². The first-order chi connectivity index (χ1) is 13.4. The molecule has 1 atom stereocenters. The zero-order valence-corrected chi connectivity index (χ0v) is 18.3. The van der Waals surface area contributed by atoms with E-state index >= 15 is 0 Å². The summed E-state index contributed by atoms with van der Waals surface area (Å²) in [7, 11) is -3.77. The number of hydrogen-bond donors (Lipinski definition) is 1. The van der Waals surface area contributed by atoms with Crippen LogP contribution in [0.1, 0.15) is 43.6 Å². The third kappa shape index (κ3) is 4.16. The van der Waals surface area contributed by atoms with Gasteiger partial charge >= 0.3 is 0 Å². The molecule has 29 heavy (non-hydrogen) atoms. The van der Waals surface area contributed by atoms with E-state index in [9.17, 15) is 18.0 Å². The molecule has 1 aliphatic rings. The van der Waals surface area contributed by atoms with Gasteiger partial charge in [-0.05, 0) is 35.2 Å². The Hall–Kier alpha value is -2.38. The van der Waals surface area contributed by atoms with Crippen molar-refractivity contribution < 1.29 is 18.0 Å². The van der Waals surface area contributed by atoms with Crippen LogP contribution in [0.3, 0.4) is 0 Å². The van der Waals surface area contributed by atoms with Crippen LogP contribution in [0, 0.1) is 5.92 Å². The van der Waals surface area contributed by atoms with Crippen LogP contribution in [-0.4, -0.2) is 26.0 Å². The number of amides is 2. The number of nitrogens with one attached hydrogen (secondary N) is 1. The number of sulfonamides is 1. The number of anilines is 2. The molecule has 2 aromatic rings. The highest BCUT2D eigenvalue weighted by Crippen LogP contribution is 2.33. The fraction of sp³-hybridized carbons (Fsp3) is 0.333. The van der Waals surface area contributed by atoms with E-state index in [1.807, 2.05) is 39.0 Å². The molecule has 1 heterocycles. The van der Waals surface area contributed by atoms with Crippen LogP contribution < -0.4 is 9.62 Å². The smallest absolute Gasteiger partial charge is 0.257 e. The van der Waals surface area contributed by atoms with E-state index in [0.717, 1.165) is 9.87 Å². The Morgan fingerprint density at radius 3 is 2.41 bits per heavy atom. The molecular formula is C21H23ClN2O4S. The van der Waals surface area contributed by atoms with Crippen molar-refractivity contribution in [3.63, 3.8) is 0 Å².